The average molecular weight is 381 g/mol. The predicted octanol–water partition coefficient (Wildman–Crippen LogP) is 3.19. The number of amidine groups is 1. The van der Waals surface area contributed by atoms with Gasteiger partial charge in [0.05, 0.1) is 24.8 Å². The number of imidazole rings is 1. The van der Waals surface area contributed by atoms with Gasteiger partial charge in [0.15, 0.2) is 5.84 Å². The maximum atomic E-state index is 9.06. The summed E-state index contributed by atoms with van der Waals surface area (Å²) in [5.74, 6) is 1.57. The highest BCUT2D eigenvalue weighted by atomic mass is 16.7. The number of hydrogen-bond acceptors (Lipinski definition) is 7. The van der Waals surface area contributed by atoms with Crippen molar-refractivity contribution in [2.45, 2.75) is 32.9 Å². The van der Waals surface area contributed by atoms with Crippen molar-refractivity contribution in [2.24, 2.45) is 10.3 Å². The van der Waals surface area contributed by atoms with Gasteiger partial charge in [-0.1, -0.05) is 16.4 Å². The van der Waals surface area contributed by atoms with Gasteiger partial charge >= 0.3 is 0 Å². The normalized spacial score (nSPS) is 20.8. The number of methoxy groups -OCH3 is 1. The van der Waals surface area contributed by atoms with E-state index >= 15 is 0 Å². The Kier molecular flexibility index (Phi) is 4.77. The molecule has 8 nitrogen and oxygen atoms in total. The van der Waals surface area contributed by atoms with Crippen LogP contribution in [0.3, 0.4) is 0 Å². The fraction of sp³-hybridized carbons (Fsp3) is 0.350. The van der Waals surface area contributed by atoms with Gasteiger partial charge < -0.3 is 24.2 Å². The van der Waals surface area contributed by atoms with Gasteiger partial charge in [-0.25, -0.2) is 4.98 Å². The number of aromatic nitrogens is 2. The Balaban J connectivity index is 1.64. The molecule has 8 heteroatoms. The van der Waals surface area contributed by atoms with Crippen LogP contribution in [0, 0.1) is 6.92 Å². The minimum absolute atomic E-state index is 0.440. The fourth-order valence-corrected chi connectivity index (χ4v) is 3.58. The van der Waals surface area contributed by atoms with E-state index in [9.17, 15) is 0 Å². The van der Waals surface area contributed by atoms with Crippen LogP contribution in [0.4, 0.5) is 0 Å². The summed E-state index contributed by atoms with van der Waals surface area (Å²) in [6, 6.07) is 6.07. The second kappa shape index (κ2) is 7.38. The Bertz CT molecular complexity index is 976. The van der Waals surface area contributed by atoms with E-state index in [1.54, 1.807) is 20.4 Å². The van der Waals surface area contributed by atoms with Crippen molar-refractivity contribution in [1.29, 1.82) is 0 Å². The highest BCUT2D eigenvalue weighted by Gasteiger charge is 2.36. The highest BCUT2D eigenvalue weighted by Crippen LogP contribution is 2.30. The van der Waals surface area contributed by atoms with Crippen LogP contribution in [0.5, 0.6) is 5.75 Å². The van der Waals surface area contributed by atoms with Crippen LogP contribution in [0.15, 0.2) is 46.6 Å². The van der Waals surface area contributed by atoms with Crippen molar-refractivity contribution >= 4 is 17.6 Å². The molecular weight excluding hydrogens is 358 g/mol. The quantitative estimate of drug-likeness (QED) is 0.499. The zero-order valence-corrected chi connectivity index (χ0v) is 16.2. The van der Waals surface area contributed by atoms with Crippen LogP contribution >= 0.6 is 0 Å². The van der Waals surface area contributed by atoms with Gasteiger partial charge in [-0.3, -0.25) is 0 Å². The first kappa shape index (κ1) is 18.1. The van der Waals surface area contributed by atoms with Crippen molar-refractivity contribution in [2.75, 3.05) is 13.7 Å². The van der Waals surface area contributed by atoms with E-state index < -0.39 is 6.23 Å². The molecule has 0 aliphatic carbocycles. The summed E-state index contributed by atoms with van der Waals surface area (Å²) in [5, 5.41) is 16.6. The molecule has 0 spiro atoms. The minimum Gasteiger partial charge on any atom is -0.495 e. The molecule has 0 radical (unpaired) electrons. The lowest BCUT2D eigenvalue weighted by atomic mass is 9.99. The van der Waals surface area contributed by atoms with Crippen molar-refractivity contribution < 1.29 is 14.8 Å². The summed E-state index contributed by atoms with van der Waals surface area (Å²) in [6.45, 7) is 4.50. The van der Waals surface area contributed by atoms with Gasteiger partial charge in [-0.05, 0) is 56.0 Å². The van der Waals surface area contributed by atoms with E-state index in [-0.39, 0.29) is 0 Å². The Labute approximate surface area is 163 Å². The van der Waals surface area contributed by atoms with Crippen LogP contribution in [-0.4, -0.2) is 51.1 Å². The summed E-state index contributed by atoms with van der Waals surface area (Å²) in [6.07, 6.45) is 7.29. The largest absolute Gasteiger partial charge is 0.495 e. The van der Waals surface area contributed by atoms with Crippen molar-refractivity contribution in [1.82, 2.24) is 14.5 Å². The molecular formula is C20H23N5O3. The smallest absolute Gasteiger partial charge is 0.243 e. The summed E-state index contributed by atoms with van der Waals surface area (Å²) < 4.78 is 7.55. The molecule has 0 unspecified atom stereocenters. The molecule has 0 bridgehead atoms. The molecule has 0 amide bonds. The number of piperidine rings is 1. The molecule has 2 aromatic rings. The molecule has 1 saturated heterocycles. The number of fused-ring (bicyclic) bond motifs is 1. The van der Waals surface area contributed by atoms with Gasteiger partial charge in [0.1, 0.15) is 11.5 Å². The van der Waals surface area contributed by atoms with E-state index in [2.05, 4.69) is 21.4 Å². The molecule has 1 aromatic heterocycles. The van der Waals surface area contributed by atoms with E-state index in [0.29, 0.717) is 5.71 Å². The van der Waals surface area contributed by atoms with Crippen LogP contribution in [-0.2, 0) is 4.84 Å². The lowest BCUT2D eigenvalue weighted by Gasteiger charge is -2.29. The van der Waals surface area contributed by atoms with E-state index in [1.807, 2.05) is 40.8 Å². The Hall–Kier alpha value is -3.29. The fourth-order valence-electron chi connectivity index (χ4n) is 3.58. The molecule has 3 heterocycles. The highest BCUT2D eigenvalue weighted by molar-refractivity contribution is 6.05. The molecule has 2 aliphatic heterocycles. The number of nitrogens with zero attached hydrogens (tertiary/aromatic N) is 5. The van der Waals surface area contributed by atoms with Gasteiger partial charge in [0.25, 0.3) is 0 Å². The van der Waals surface area contributed by atoms with Gasteiger partial charge in [-0.15, -0.1) is 0 Å². The summed E-state index contributed by atoms with van der Waals surface area (Å²) in [5.41, 5.74) is 4.49. The topological polar surface area (TPSA) is 84.5 Å². The van der Waals surface area contributed by atoms with Gasteiger partial charge in [0.2, 0.25) is 6.23 Å². The molecule has 1 atom stereocenters. The number of hydrogen-bond donors (Lipinski definition) is 1. The van der Waals surface area contributed by atoms with E-state index in [0.717, 1.165) is 53.5 Å². The Morgan fingerprint density at radius 2 is 2.29 bits per heavy atom. The molecule has 1 aromatic carbocycles. The van der Waals surface area contributed by atoms with E-state index in [4.69, 9.17) is 14.8 Å². The number of ether oxygens (including phenoxy) is 1. The van der Waals surface area contributed by atoms with Gasteiger partial charge in [-0.2, -0.15) is 0 Å². The first-order valence-electron chi connectivity index (χ1n) is 9.19. The first-order valence-corrected chi connectivity index (χ1v) is 9.19. The number of benzene rings is 1. The van der Waals surface area contributed by atoms with Crippen LogP contribution in [0.1, 0.15) is 31.0 Å². The maximum Gasteiger partial charge on any atom is 0.243 e. The number of aryl methyl sites for hydroxylation is 1. The van der Waals surface area contributed by atoms with Crippen molar-refractivity contribution in [3.05, 3.63) is 47.6 Å². The second-order valence-corrected chi connectivity index (χ2v) is 6.93. The predicted molar refractivity (Wildman–Crippen MR) is 106 cm³/mol. The molecule has 1 fully saturated rings. The third-order valence-electron chi connectivity index (χ3n) is 4.98. The van der Waals surface area contributed by atoms with Crippen molar-refractivity contribution in [3.8, 4) is 11.4 Å². The van der Waals surface area contributed by atoms with Crippen LogP contribution in [0.2, 0.25) is 0 Å². The maximum absolute atomic E-state index is 9.06. The molecule has 1 N–H and O–H groups in total. The number of oxime groups is 2. The molecule has 0 saturated carbocycles. The van der Waals surface area contributed by atoms with Gasteiger partial charge in [0, 0.05) is 12.7 Å². The second-order valence-electron chi connectivity index (χ2n) is 6.93. The van der Waals surface area contributed by atoms with Crippen molar-refractivity contribution in [3.63, 3.8) is 0 Å². The minimum atomic E-state index is -0.440. The zero-order valence-electron chi connectivity index (χ0n) is 16.2. The molecule has 146 valence electrons. The summed E-state index contributed by atoms with van der Waals surface area (Å²) in [7, 11) is 1.67. The average Bonchev–Trinajstić information content (AvgIpc) is 3.34. The lowest BCUT2D eigenvalue weighted by molar-refractivity contribution is 0.0579. The molecule has 28 heavy (non-hydrogen) atoms. The third kappa shape index (κ3) is 3.21. The Morgan fingerprint density at radius 1 is 1.43 bits per heavy atom. The lowest BCUT2D eigenvalue weighted by Crippen LogP contribution is -2.43. The van der Waals surface area contributed by atoms with E-state index in [1.165, 1.54) is 0 Å². The summed E-state index contributed by atoms with van der Waals surface area (Å²) in [4.78, 5) is 11.8. The van der Waals surface area contributed by atoms with Crippen LogP contribution in [0.25, 0.3) is 11.8 Å². The summed E-state index contributed by atoms with van der Waals surface area (Å²) >= 11 is 0. The van der Waals surface area contributed by atoms with Crippen LogP contribution < -0.4 is 4.74 Å². The molecule has 4 rings (SSSR count). The first-order chi connectivity index (χ1) is 13.6. The standard InChI is InChI=1S/C20H23N5O3/c1-13-11-24(12-21-13)17-7-6-15(10-18(17)27-3)9-16-5-4-8-25-19(16)23-28-20(25)14(2)22-26/h6-7,9-12,20,26H,4-5,8H2,1-3H3/b16-9+,22-14+/t20-/m0/s1. The monoisotopic (exact) mass is 381 g/mol. The molecule has 2 aliphatic rings. The Morgan fingerprint density at radius 3 is 3.00 bits per heavy atom. The zero-order chi connectivity index (χ0) is 19.7. The third-order valence-corrected chi connectivity index (χ3v) is 4.98. The SMILES string of the molecule is COc1cc(/C=C2\CCCN3C2=NO[C@H]3/C(C)=N/O)ccc1-n1cnc(C)c1. The number of rotatable bonds is 4.